The minimum Gasteiger partial charge on any atom is -0.478 e. The predicted octanol–water partition coefficient (Wildman–Crippen LogP) is 6.20. The number of fused-ring (bicyclic) bond motifs is 1. The maximum Gasteiger partial charge on any atom is 0.337 e. The number of methoxy groups -OCH3 is 1. The zero-order chi connectivity index (χ0) is 28.2. The van der Waals surface area contributed by atoms with Crippen LogP contribution in [0.5, 0.6) is 5.88 Å². The second-order valence-corrected chi connectivity index (χ2v) is 9.38. The zero-order valence-corrected chi connectivity index (χ0v) is 22.0. The Morgan fingerprint density at radius 2 is 1.73 bits per heavy atom. The van der Waals surface area contributed by atoms with Crippen LogP contribution < -0.4 is 4.74 Å². The topological polar surface area (TPSA) is 86.5 Å². The number of hydrogen-bond donors (Lipinski definition) is 1. The summed E-state index contributed by atoms with van der Waals surface area (Å²) in [4.78, 5) is 20.9. The molecule has 204 valence electrons. The van der Waals surface area contributed by atoms with Crippen molar-refractivity contribution in [2.24, 2.45) is 0 Å². The lowest BCUT2D eigenvalue weighted by Crippen LogP contribution is -2.11. The van der Waals surface area contributed by atoms with Crippen LogP contribution in [0.15, 0.2) is 72.8 Å². The fourth-order valence-corrected chi connectivity index (χ4v) is 4.56. The molecule has 0 spiro atoms. The van der Waals surface area contributed by atoms with Crippen molar-refractivity contribution in [3.05, 3.63) is 113 Å². The van der Waals surface area contributed by atoms with Crippen molar-refractivity contribution < 1.29 is 28.2 Å². The Morgan fingerprint density at radius 1 is 0.950 bits per heavy atom. The minimum absolute atomic E-state index is 0.0174. The van der Waals surface area contributed by atoms with Gasteiger partial charge >= 0.3 is 5.97 Å². The molecule has 0 atom stereocenters. The van der Waals surface area contributed by atoms with Gasteiger partial charge in [0, 0.05) is 37.3 Å². The van der Waals surface area contributed by atoms with Crippen LogP contribution in [-0.4, -0.2) is 39.3 Å². The molecule has 0 bridgehead atoms. The number of rotatable bonds is 10. The first-order valence-electron chi connectivity index (χ1n) is 12.7. The number of halogens is 2. The molecule has 3 aromatic carbocycles. The molecule has 0 amide bonds. The third-order valence-corrected chi connectivity index (χ3v) is 6.60. The van der Waals surface area contributed by atoms with Crippen LogP contribution in [0.2, 0.25) is 0 Å². The maximum atomic E-state index is 15.4. The number of carbonyl (C=O) groups is 1. The molecule has 5 aromatic rings. The Bertz CT molecular complexity index is 1700. The van der Waals surface area contributed by atoms with Gasteiger partial charge in [0.15, 0.2) is 0 Å². The second kappa shape index (κ2) is 11.6. The molecule has 2 aromatic heterocycles. The van der Waals surface area contributed by atoms with E-state index < -0.39 is 11.8 Å². The van der Waals surface area contributed by atoms with Gasteiger partial charge < -0.3 is 19.1 Å². The Hall–Kier alpha value is -4.63. The fraction of sp³-hybridized carbons (Fsp3) is 0.194. The van der Waals surface area contributed by atoms with Gasteiger partial charge in [0.25, 0.3) is 0 Å². The van der Waals surface area contributed by atoms with Crippen molar-refractivity contribution >= 4 is 17.0 Å². The van der Waals surface area contributed by atoms with E-state index in [0.29, 0.717) is 58.3 Å². The summed E-state index contributed by atoms with van der Waals surface area (Å²) in [5.74, 6) is -1.03. The number of aromatic nitrogens is 3. The average molecular weight is 544 g/mol. The van der Waals surface area contributed by atoms with Crippen molar-refractivity contribution in [1.29, 1.82) is 0 Å². The van der Waals surface area contributed by atoms with E-state index in [-0.39, 0.29) is 24.4 Å². The lowest BCUT2D eigenvalue weighted by atomic mass is 10.1. The summed E-state index contributed by atoms with van der Waals surface area (Å²) in [6.45, 7) is 2.55. The first-order chi connectivity index (χ1) is 19.3. The normalized spacial score (nSPS) is 11.2. The average Bonchev–Trinajstić information content (AvgIpc) is 3.29. The lowest BCUT2D eigenvalue weighted by Gasteiger charge is -2.12. The number of carboxylic acid groups (broad SMARTS) is 1. The monoisotopic (exact) mass is 543 g/mol. The van der Waals surface area contributed by atoms with E-state index in [0.717, 1.165) is 5.56 Å². The highest BCUT2D eigenvalue weighted by Crippen LogP contribution is 2.27. The number of benzene rings is 3. The van der Waals surface area contributed by atoms with Crippen molar-refractivity contribution in [3.8, 4) is 17.1 Å². The molecule has 0 aliphatic rings. The smallest absolute Gasteiger partial charge is 0.337 e. The third-order valence-electron chi connectivity index (χ3n) is 6.60. The largest absolute Gasteiger partial charge is 0.478 e. The number of pyridine rings is 1. The van der Waals surface area contributed by atoms with Crippen molar-refractivity contribution in [3.63, 3.8) is 0 Å². The summed E-state index contributed by atoms with van der Waals surface area (Å²) in [7, 11) is 1.56. The predicted molar refractivity (Wildman–Crippen MR) is 146 cm³/mol. The van der Waals surface area contributed by atoms with Crippen LogP contribution in [0.25, 0.3) is 22.3 Å². The molecule has 2 heterocycles. The number of para-hydroxylation sites is 1. The molecule has 0 saturated heterocycles. The molecule has 0 saturated carbocycles. The molecule has 0 unspecified atom stereocenters. The van der Waals surface area contributed by atoms with E-state index in [1.807, 2.05) is 13.0 Å². The lowest BCUT2D eigenvalue weighted by molar-refractivity contribution is 0.0698. The highest BCUT2D eigenvalue weighted by Gasteiger charge is 2.19. The molecule has 1 N–H and O–H groups in total. The van der Waals surface area contributed by atoms with Gasteiger partial charge in [-0.15, -0.1) is 0 Å². The summed E-state index contributed by atoms with van der Waals surface area (Å²) in [6.07, 6.45) is 0.155. The van der Waals surface area contributed by atoms with E-state index in [2.05, 4.69) is 9.97 Å². The summed E-state index contributed by atoms with van der Waals surface area (Å²) < 4.78 is 42.2. The van der Waals surface area contributed by atoms with E-state index in [1.165, 1.54) is 18.2 Å². The van der Waals surface area contributed by atoms with Crippen LogP contribution in [0.1, 0.15) is 32.9 Å². The fourth-order valence-electron chi connectivity index (χ4n) is 4.56. The van der Waals surface area contributed by atoms with Gasteiger partial charge in [0.1, 0.15) is 24.1 Å². The first kappa shape index (κ1) is 27.0. The Labute approximate surface area is 229 Å². The van der Waals surface area contributed by atoms with Crippen molar-refractivity contribution in [2.75, 3.05) is 13.7 Å². The summed E-state index contributed by atoms with van der Waals surface area (Å²) in [6, 6.07) is 19.8. The first-order valence-corrected chi connectivity index (χ1v) is 12.7. The van der Waals surface area contributed by atoms with Crippen LogP contribution in [0.3, 0.4) is 0 Å². The van der Waals surface area contributed by atoms with Gasteiger partial charge in [-0.1, -0.05) is 36.4 Å². The number of nitrogens with zero attached hydrogens (tertiary/aromatic N) is 3. The number of aromatic carboxylic acids is 1. The molecule has 0 aliphatic carbocycles. The Balaban J connectivity index is 1.39. The standard InChI is InChI=1S/C31H27F2N3O4/c1-19-9-10-22(24(32)15-19)18-40-29-8-4-6-26(35-29)21-12-11-20(25(33)16-21)17-28-34-27-7-3-5-23(31(37)38)30(27)36(28)13-14-39-2/h3-12,15-16H,13-14,17-18H2,1-2H3,(H,37,38). The van der Waals surface area contributed by atoms with Gasteiger partial charge in [-0.3, -0.25) is 0 Å². The highest BCUT2D eigenvalue weighted by atomic mass is 19.1. The molecule has 0 fully saturated rings. The number of ether oxygens (including phenoxy) is 2. The number of carboxylic acids is 1. The molecule has 9 heteroatoms. The van der Waals surface area contributed by atoms with Gasteiger partial charge in [-0.25, -0.2) is 23.5 Å². The van der Waals surface area contributed by atoms with E-state index in [9.17, 15) is 14.3 Å². The van der Waals surface area contributed by atoms with E-state index in [4.69, 9.17) is 9.47 Å². The summed E-state index contributed by atoms with van der Waals surface area (Å²) in [5.41, 5.74) is 3.82. The van der Waals surface area contributed by atoms with Gasteiger partial charge in [-0.05, 0) is 48.4 Å². The van der Waals surface area contributed by atoms with Gasteiger partial charge in [0.05, 0.1) is 28.9 Å². The van der Waals surface area contributed by atoms with Crippen LogP contribution >= 0.6 is 0 Å². The van der Waals surface area contributed by atoms with Crippen LogP contribution in [0, 0.1) is 18.6 Å². The summed E-state index contributed by atoms with van der Waals surface area (Å²) in [5, 5.41) is 9.68. The quantitative estimate of drug-likeness (QED) is 0.226. The molecule has 7 nitrogen and oxygen atoms in total. The molecule has 0 radical (unpaired) electrons. The van der Waals surface area contributed by atoms with Gasteiger partial charge in [0.2, 0.25) is 5.88 Å². The van der Waals surface area contributed by atoms with E-state index in [1.54, 1.807) is 60.2 Å². The van der Waals surface area contributed by atoms with Crippen molar-refractivity contribution in [2.45, 2.75) is 26.5 Å². The van der Waals surface area contributed by atoms with E-state index >= 15 is 4.39 Å². The minimum atomic E-state index is -1.06. The molecule has 40 heavy (non-hydrogen) atoms. The molecule has 5 rings (SSSR count). The molecular weight excluding hydrogens is 516 g/mol. The number of imidazole rings is 1. The number of hydrogen-bond acceptors (Lipinski definition) is 5. The Kier molecular flexibility index (Phi) is 7.84. The van der Waals surface area contributed by atoms with Crippen LogP contribution in [-0.2, 0) is 24.3 Å². The second-order valence-electron chi connectivity index (χ2n) is 9.38. The summed E-state index contributed by atoms with van der Waals surface area (Å²) >= 11 is 0. The maximum absolute atomic E-state index is 15.4. The van der Waals surface area contributed by atoms with Gasteiger partial charge in [-0.2, -0.15) is 0 Å². The molecular formula is C31H27F2N3O4. The molecule has 0 aliphatic heterocycles. The third kappa shape index (κ3) is 5.69. The van der Waals surface area contributed by atoms with Crippen molar-refractivity contribution in [1.82, 2.24) is 14.5 Å². The SMILES string of the molecule is COCCn1c(Cc2ccc(-c3cccc(OCc4ccc(C)cc4F)n3)cc2F)nc2cccc(C(=O)O)c21. The highest BCUT2D eigenvalue weighted by molar-refractivity contribution is 6.01. The van der Waals surface area contributed by atoms with Crippen LogP contribution in [0.4, 0.5) is 8.78 Å². The zero-order valence-electron chi connectivity index (χ0n) is 22.0. The Morgan fingerprint density at radius 3 is 2.48 bits per heavy atom. The number of aryl methyl sites for hydroxylation is 1.